The molecule has 2 aromatic rings. The van der Waals surface area contributed by atoms with Gasteiger partial charge >= 0.3 is 0 Å². The summed E-state index contributed by atoms with van der Waals surface area (Å²) in [4.78, 5) is 23.2. The lowest BCUT2D eigenvalue weighted by atomic mass is 10.2. The Hall–Kier alpha value is -2.16. The molecule has 0 aliphatic carbocycles. The SMILES string of the molecule is O=C(COCC(=O)N/N=C\c1ccc(Cl)c(Cl)c1)N/N=C\c1ccc(Cl)c(Cl)c1. The van der Waals surface area contributed by atoms with E-state index in [1.165, 1.54) is 12.4 Å². The Balaban J connectivity index is 1.66. The fourth-order valence-electron chi connectivity index (χ4n) is 1.84. The maximum absolute atomic E-state index is 11.6. The predicted octanol–water partition coefficient (Wildman–Crippen LogP) is 3.92. The number of carbonyl (C=O) groups is 2. The smallest absolute Gasteiger partial charge is 0.266 e. The van der Waals surface area contributed by atoms with E-state index >= 15 is 0 Å². The molecule has 0 aromatic heterocycles. The Morgan fingerprint density at radius 2 is 1.17 bits per heavy atom. The van der Waals surface area contributed by atoms with Gasteiger partial charge in [0.05, 0.1) is 32.5 Å². The van der Waals surface area contributed by atoms with Gasteiger partial charge in [0.15, 0.2) is 0 Å². The highest BCUT2D eigenvalue weighted by Gasteiger charge is 2.04. The molecule has 0 saturated heterocycles. The van der Waals surface area contributed by atoms with Crippen molar-refractivity contribution in [3.05, 3.63) is 67.6 Å². The minimum atomic E-state index is -0.534. The van der Waals surface area contributed by atoms with Gasteiger partial charge < -0.3 is 4.74 Å². The van der Waals surface area contributed by atoms with Crippen molar-refractivity contribution >= 4 is 70.6 Å². The Labute approximate surface area is 186 Å². The van der Waals surface area contributed by atoms with Crippen molar-refractivity contribution in [3.8, 4) is 0 Å². The van der Waals surface area contributed by atoms with Crippen molar-refractivity contribution in [2.45, 2.75) is 0 Å². The number of hydrogen-bond acceptors (Lipinski definition) is 5. The molecule has 2 N–H and O–H groups in total. The number of amides is 2. The fourth-order valence-corrected chi connectivity index (χ4v) is 2.46. The average Bonchev–Trinajstić information content (AvgIpc) is 2.67. The molecule has 0 fully saturated rings. The molecular weight excluding hydrogens is 462 g/mol. The van der Waals surface area contributed by atoms with Gasteiger partial charge in [-0.15, -0.1) is 0 Å². The van der Waals surface area contributed by atoms with Crippen LogP contribution in [0.3, 0.4) is 0 Å². The molecule has 7 nitrogen and oxygen atoms in total. The van der Waals surface area contributed by atoms with Gasteiger partial charge in [-0.3, -0.25) is 9.59 Å². The Kier molecular flexibility index (Phi) is 9.37. The second-order valence-corrected chi connectivity index (χ2v) is 7.06. The molecule has 2 amide bonds. The van der Waals surface area contributed by atoms with Crippen molar-refractivity contribution < 1.29 is 14.3 Å². The number of rotatable bonds is 8. The van der Waals surface area contributed by atoms with Gasteiger partial charge in [0.25, 0.3) is 11.8 Å². The van der Waals surface area contributed by atoms with Crippen LogP contribution in [0, 0.1) is 0 Å². The highest BCUT2D eigenvalue weighted by atomic mass is 35.5. The highest BCUT2D eigenvalue weighted by molar-refractivity contribution is 6.42. The van der Waals surface area contributed by atoms with Crippen LogP contribution in [0.2, 0.25) is 20.1 Å². The van der Waals surface area contributed by atoms with E-state index in [1.807, 2.05) is 0 Å². The molecule has 0 spiro atoms. The molecule has 0 unspecified atom stereocenters. The number of hydrazone groups is 2. The summed E-state index contributed by atoms with van der Waals surface area (Å²) in [6.07, 6.45) is 2.79. The molecule has 0 atom stereocenters. The maximum atomic E-state index is 11.6. The summed E-state index contributed by atoms with van der Waals surface area (Å²) in [5.74, 6) is -1.07. The van der Waals surface area contributed by atoms with Crippen LogP contribution in [-0.2, 0) is 14.3 Å². The molecule has 152 valence electrons. The zero-order valence-corrected chi connectivity index (χ0v) is 17.7. The van der Waals surface area contributed by atoms with E-state index in [2.05, 4.69) is 21.1 Å². The minimum Gasteiger partial charge on any atom is -0.362 e. The van der Waals surface area contributed by atoms with Gasteiger partial charge in [-0.1, -0.05) is 58.5 Å². The number of nitrogens with zero attached hydrogens (tertiary/aromatic N) is 2. The first-order valence-corrected chi connectivity index (χ1v) is 9.48. The first-order chi connectivity index (χ1) is 13.8. The number of carbonyl (C=O) groups excluding carboxylic acids is 2. The monoisotopic (exact) mass is 474 g/mol. The topological polar surface area (TPSA) is 92.2 Å². The summed E-state index contributed by atoms with van der Waals surface area (Å²) in [5.41, 5.74) is 5.82. The minimum absolute atomic E-state index is 0.358. The number of hydrogen-bond donors (Lipinski definition) is 2. The average molecular weight is 476 g/mol. The third-order valence-electron chi connectivity index (χ3n) is 3.16. The van der Waals surface area contributed by atoms with Crippen LogP contribution >= 0.6 is 46.4 Å². The van der Waals surface area contributed by atoms with E-state index in [0.29, 0.717) is 31.2 Å². The van der Waals surface area contributed by atoms with Gasteiger partial charge in [0.1, 0.15) is 13.2 Å². The summed E-state index contributed by atoms with van der Waals surface area (Å²) in [7, 11) is 0. The van der Waals surface area contributed by atoms with Crippen LogP contribution < -0.4 is 10.9 Å². The number of halogens is 4. The van der Waals surface area contributed by atoms with Crippen LogP contribution in [0.4, 0.5) is 0 Å². The van der Waals surface area contributed by atoms with Crippen molar-refractivity contribution in [1.82, 2.24) is 10.9 Å². The molecule has 29 heavy (non-hydrogen) atoms. The van der Waals surface area contributed by atoms with Crippen LogP contribution in [0.5, 0.6) is 0 Å². The van der Waals surface area contributed by atoms with Crippen LogP contribution in [0.25, 0.3) is 0 Å². The standard InChI is InChI=1S/C18H14Cl4N4O3/c19-13-3-1-11(5-15(13)21)7-23-25-17(27)9-29-10-18(28)26-24-8-12-2-4-14(20)16(22)6-12/h1-8H,9-10H2,(H,25,27)(H,26,28)/b23-7-,24-8-. The first-order valence-electron chi connectivity index (χ1n) is 7.97. The fraction of sp³-hybridized carbons (Fsp3) is 0.111. The normalized spacial score (nSPS) is 11.2. The molecule has 11 heteroatoms. The number of benzene rings is 2. The summed E-state index contributed by atoms with van der Waals surface area (Å²) < 4.78 is 4.98. The van der Waals surface area contributed by atoms with Crippen LogP contribution in [-0.4, -0.2) is 37.5 Å². The molecule has 0 saturated carbocycles. The lowest BCUT2D eigenvalue weighted by Gasteiger charge is -2.02. The highest BCUT2D eigenvalue weighted by Crippen LogP contribution is 2.22. The van der Waals surface area contributed by atoms with Crippen molar-refractivity contribution in [3.63, 3.8) is 0 Å². The third kappa shape index (κ3) is 8.39. The summed E-state index contributed by atoms with van der Waals surface area (Å²) in [5, 5.41) is 9.09. The predicted molar refractivity (Wildman–Crippen MR) is 115 cm³/mol. The van der Waals surface area contributed by atoms with E-state index in [4.69, 9.17) is 51.1 Å². The Bertz CT molecular complexity index is 875. The van der Waals surface area contributed by atoms with Gasteiger partial charge in [-0.05, 0) is 35.4 Å². The maximum Gasteiger partial charge on any atom is 0.266 e. The number of ether oxygens (including phenoxy) is 1. The van der Waals surface area contributed by atoms with Crippen LogP contribution in [0.15, 0.2) is 46.6 Å². The van der Waals surface area contributed by atoms with Crippen LogP contribution in [0.1, 0.15) is 11.1 Å². The molecular formula is C18H14Cl4N4O3. The molecule has 0 aliphatic rings. The third-order valence-corrected chi connectivity index (χ3v) is 4.64. The van der Waals surface area contributed by atoms with Gasteiger partial charge in [-0.2, -0.15) is 10.2 Å². The summed E-state index contributed by atoms with van der Waals surface area (Å²) >= 11 is 23.4. The Morgan fingerprint density at radius 3 is 1.55 bits per heavy atom. The molecule has 2 aromatic carbocycles. The lowest BCUT2D eigenvalue weighted by molar-refractivity contribution is -0.130. The Morgan fingerprint density at radius 1 is 0.759 bits per heavy atom. The molecule has 2 rings (SSSR count). The second-order valence-electron chi connectivity index (χ2n) is 5.43. The largest absolute Gasteiger partial charge is 0.362 e. The summed E-state index contributed by atoms with van der Waals surface area (Å²) in [6, 6.07) is 9.78. The van der Waals surface area contributed by atoms with E-state index in [0.717, 1.165) is 0 Å². The van der Waals surface area contributed by atoms with E-state index < -0.39 is 11.8 Å². The van der Waals surface area contributed by atoms with Gasteiger partial charge in [0, 0.05) is 0 Å². The zero-order chi connectivity index (χ0) is 21.2. The second kappa shape index (κ2) is 11.7. The van der Waals surface area contributed by atoms with Crippen molar-refractivity contribution in [1.29, 1.82) is 0 Å². The number of nitrogens with one attached hydrogen (secondary N) is 2. The van der Waals surface area contributed by atoms with Gasteiger partial charge in [-0.25, -0.2) is 10.9 Å². The van der Waals surface area contributed by atoms with Crippen molar-refractivity contribution in [2.75, 3.05) is 13.2 Å². The molecule has 0 heterocycles. The van der Waals surface area contributed by atoms with E-state index in [-0.39, 0.29) is 13.2 Å². The molecule has 0 radical (unpaired) electrons. The van der Waals surface area contributed by atoms with E-state index in [9.17, 15) is 9.59 Å². The first kappa shape index (κ1) is 23.1. The summed E-state index contributed by atoms with van der Waals surface area (Å²) in [6.45, 7) is -0.717. The van der Waals surface area contributed by atoms with E-state index in [1.54, 1.807) is 36.4 Å². The lowest BCUT2D eigenvalue weighted by Crippen LogP contribution is -2.28. The molecule has 0 aliphatic heterocycles. The van der Waals surface area contributed by atoms with Crippen molar-refractivity contribution in [2.24, 2.45) is 10.2 Å². The quantitative estimate of drug-likeness (QED) is 0.447. The van der Waals surface area contributed by atoms with Gasteiger partial charge in [0.2, 0.25) is 0 Å². The zero-order valence-electron chi connectivity index (χ0n) is 14.7. The molecule has 0 bridgehead atoms.